The lowest BCUT2D eigenvalue weighted by molar-refractivity contribution is 0.225. The molecule has 3 aromatic rings. The predicted octanol–water partition coefficient (Wildman–Crippen LogP) is 6.42. The number of hydrogen-bond acceptors (Lipinski definition) is 7. The van der Waals surface area contributed by atoms with E-state index < -0.39 is 6.23 Å². The third-order valence-corrected chi connectivity index (χ3v) is 6.29. The lowest BCUT2D eigenvalue weighted by Gasteiger charge is -2.20. The van der Waals surface area contributed by atoms with Crippen LogP contribution >= 0.6 is 11.8 Å². The van der Waals surface area contributed by atoms with Gasteiger partial charge in [-0.3, -0.25) is 0 Å². The van der Waals surface area contributed by atoms with Gasteiger partial charge < -0.3 is 14.8 Å². The lowest BCUT2D eigenvalue weighted by atomic mass is 10.1. The average Bonchev–Trinajstić information content (AvgIpc) is 2.97. The van der Waals surface area contributed by atoms with Crippen LogP contribution in [0.1, 0.15) is 56.9 Å². The number of fused-ring (bicyclic) bond motifs is 3. The summed E-state index contributed by atoms with van der Waals surface area (Å²) in [7, 11) is 0. The first-order valence-electron chi connectivity index (χ1n) is 11.3. The maximum absolute atomic E-state index is 6.39. The zero-order chi connectivity index (χ0) is 22.3. The molecule has 2 heterocycles. The van der Waals surface area contributed by atoms with Crippen LogP contribution in [0.5, 0.6) is 11.6 Å². The molecular weight excluding hydrogens is 420 g/mol. The number of benzene rings is 2. The summed E-state index contributed by atoms with van der Waals surface area (Å²) in [5, 5.41) is 13.0. The monoisotopic (exact) mass is 450 g/mol. The normalized spacial score (nSPS) is 14.5. The third-order valence-electron chi connectivity index (χ3n) is 5.36. The Morgan fingerprint density at radius 3 is 2.75 bits per heavy atom. The number of nitrogens with zero attached hydrogens (tertiary/aromatic N) is 3. The maximum atomic E-state index is 6.39. The molecule has 1 unspecified atom stereocenters. The van der Waals surface area contributed by atoms with Crippen LogP contribution in [-0.2, 0) is 0 Å². The molecule has 0 saturated heterocycles. The first-order valence-corrected chi connectivity index (χ1v) is 12.3. The third kappa shape index (κ3) is 5.15. The molecule has 1 atom stereocenters. The van der Waals surface area contributed by atoms with Crippen molar-refractivity contribution in [2.24, 2.45) is 0 Å². The van der Waals surface area contributed by atoms with Gasteiger partial charge in [-0.15, -0.1) is 10.2 Å². The van der Waals surface area contributed by atoms with Gasteiger partial charge in [0.2, 0.25) is 11.0 Å². The van der Waals surface area contributed by atoms with E-state index in [0.29, 0.717) is 23.3 Å². The van der Waals surface area contributed by atoms with Gasteiger partial charge in [0.1, 0.15) is 5.75 Å². The summed E-state index contributed by atoms with van der Waals surface area (Å²) in [6, 6.07) is 14.1. The number of aryl methyl sites for hydroxylation is 1. The van der Waals surface area contributed by atoms with E-state index in [1.54, 1.807) is 11.8 Å². The van der Waals surface area contributed by atoms with Gasteiger partial charge in [0, 0.05) is 22.6 Å². The van der Waals surface area contributed by atoms with E-state index >= 15 is 0 Å². The Hall–Kier alpha value is -2.80. The molecule has 32 heavy (non-hydrogen) atoms. The highest BCUT2D eigenvalue weighted by atomic mass is 32.2. The van der Waals surface area contributed by atoms with E-state index in [1.165, 1.54) is 19.3 Å². The second-order valence-corrected chi connectivity index (χ2v) is 8.87. The van der Waals surface area contributed by atoms with E-state index in [-0.39, 0.29) is 0 Å². The Bertz CT molecular complexity index is 1060. The van der Waals surface area contributed by atoms with E-state index in [9.17, 15) is 0 Å². The number of ether oxygens (including phenoxy) is 2. The average molecular weight is 451 g/mol. The Labute approximate surface area is 194 Å². The summed E-state index contributed by atoms with van der Waals surface area (Å²) in [4.78, 5) is 4.74. The van der Waals surface area contributed by atoms with E-state index in [0.717, 1.165) is 40.3 Å². The SMILES string of the molecule is CCCCCCSc1nnc2c(n1)OC(c1ccc(OCC)c(C)c1)Nc1ccccc1-2. The van der Waals surface area contributed by atoms with Crippen molar-refractivity contribution in [3.05, 3.63) is 53.6 Å². The van der Waals surface area contributed by atoms with Crippen LogP contribution in [0.15, 0.2) is 47.6 Å². The molecule has 168 valence electrons. The number of thioether (sulfide) groups is 1. The molecule has 0 spiro atoms. The summed E-state index contributed by atoms with van der Waals surface area (Å²) in [5.41, 5.74) is 4.61. The number of anilines is 1. The van der Waals surface area contributed by atoms with E-state index in [1.807, 2.05) is 50.2 Å². The lowest BCUT2D eigenvalue weighted by Crippen LogP contribution is -2.17. The molecule has 2 aromatic carbocycles. The van der Waals surface area contributed by atoms with Crippen LogP contribution in [0.4, 0.5) is 5.69 Å². The molecule has 0 bridgehead atoms. The van der Waals surface area contributed by atoms with Crippen molar-refractivity contribution in [1.82, 2.24) is 15.2 Å². The van der Waals surface area contributed by atoms with Gasteiger partial charge in [-0.05, 0) is 50.1 Å². The molecule has 1 N–H and O–H groups in total. The molecule has 1 aliphatic heterocycles. The highest BCUT2D eigenvalue weighted by Gasteiger charge is 2.26. The molecule has 0 saturated carbocycles. The van der Waals surface area contributed by atoms with Crippen LogP contribution < -0.4 is 14.8 Å². The Balaban J connectivity index is 1.62. The highest BCUT2D eigenvalue weighted by Crippen LogP contribution is 2.40. The second kappa shape index (κ2) is 10.7. The summed E-state index contributed by atoms with van der Waals surface area (Å²) >= 11 is 1.64. The van der Waals surface area contributed by atoms with E-state index in [4.69, 9.17) is 14.5 Å². The molecule has 4 rings (SSSR count). The molecule has 1 aliphatic rings. The Morgan fingerprint density at radius 2 is 1.94 bits per heavy atom. The van der Waals surface area contributed by atoms with Gasteiger partial charge in [-0.1, -0.05) is 56.1 Å². The van der Waals surface area contributed by atoms with Gasteiger partial charge in [0.15, 0.2) is 11.9 Å². The van der Waals surface area contributed by atoms with Crippen molar-refractivity contribution in [3.63, 3.8) is 0 Å². The van der Waals surface area contributed by atoms with Gasteiger partial charge in [0.05, 0.1) is 6.61 Å². The van der Waals surface area contributed by atoms with Crippen molar-refractivity contribution in [2.45, 2.75) is 57.8 Å². The topological polar surface area (TPSA) is 69.2 Å². The fourth-order valence-electron chi connectivity index (χ4n) is 3.70. The van der Waals surface area contributed by atoms with Crippen LogP contribution in [0.3, 0.4) is 0 Å². The quantitative estimate of drug-likeness (QED) is 0.298. The first-order chi connectivity index (χ1) is 15.7. The molecule has 0 radical (unpaired) electrons. The van der Waals surface area contributed by atoms with E-state index in [2.05, 4.69) is 28.5 Å². The largest absolute Gasteiger partial charge is 0.494 e. The summed E-state index contributed by atoms with van der Waals surface area (Å²) < 4.78 is 12.1. The van der Waals surface area contributed by atoms with Crippen LogP contribution in [-0.4, -0.2) is 27.5 Å². The molecule has 1 aromatic heterocycles. The number of hydrogen-bond donors (Lipinski definition) is 1. The second-order valence-electron chi connectivity index (χ2n) is 7.80. The van der Waals surface area contributed by atoms with Gasteiger partial charge in [-0.2, -0.15) is 4.98 Å². The van der Waals surface area contributed by atoms with Crippen molar-refractivity contribution < 1.29 is 9.47 Å². The number of para-hydroxylation sites is 1. The Kier molecular flexibility index (Phi) is 7.47. The van der Waals surface area contributed by atoms with Crippen molar-refractivity contribution in [1.29, 1.82) is 0 Å². The van der Waals surface area contributed by atoms with Gasteiger partial charge in [0.25, 0.3) is 0 Å². The minimum atomic E-state index is -0.397. The van der Waals surface area contributed by atoms with Gasteiger partial charge in [-0.25, -0.2) is 0 Å². The molecule has 0 fully saturated rings. The summed E-state index contributed by atoms with van der Waals surface area (Å²) in [6.45, 7) is 6.89. The fourth-order valence-corrected chi connectivity index (χ4v) is 4.48. The maximum Gasteiger partial charge on any atom is 0.247 e. The minimum Gasteiger partial charge on any atom is -0.494 e. The zero-order valence-electron chi connectivity index (χ0n) is 18.9. The number of nitrogens with one attached hydrogen (secondary N) is 1. The predicted molar refractivity (Wildman–Crippen MR) is 129 cm³/mol. The zero-order valence-corrected chi connectivity index (χ0v) is 19.7. The number of rotatable bonds is 9. The number of aromatic nitrogens is 3. The first kappa shape index (κ1) is 22.4. The fraction of sp³-hybridized carbons (Fsp3) is 0.400. The standard InChI is InChI=1S/C25H30N4O2S/c1-4-6-7-10-15-32-25-27-24-22(28-29-25)19-11-8-9-12-20(19)26-23(31-24)18-13-14-21(30-5-2)17(3)16-18/h8-9,11-14,16,23,26H,4-7,10,15H2,1-3H3. The molecular formula is C25H30N4O2S. The Morgan fingerprint density at radius 1 is 1.06 bits per heavy atom. The minimum absolute atomic E-state index is 0.397. The summed E-state index contributed by atoms with van der Waals surface area (Å²) in [6.07, 6.45) is 4.48. The van der Waals surface area contributed by atoms with Crippen molar-refractivity contribution in [2.75, 3.05) is 17.7 Å². The number of unbranched alkanes of at least 4 members (excludes halogenated alkanes) is 3. The van der Waals surface area contributed by atoms with Crippen LogP contribution in [0, 0.1) is 6.92 Å². The van der Waals surface area contributed by atoms with Gasteiger partial charge >= 0.3 is 0 Å². The highest BCUT2D eigenvalue weighted by molar-refractivity contribution is 7.99. The van der Waals surface area contributed by atoms with Crippen molar-refractivity contribution in [3.8, 4) is 22.9 Å². The molecule has 0 amide bonds. The molecule has 0 aliphatic carbocycles. The molecule has 6 nitrogen and oxygen atoms in total. The van der Waals surface area contributed by atoms with Crippen molar-refractivity contribution >= 4 is 17.4 Å². The smallest absolute Gasteiger partial charge is 0.247 e. The molecule has 7 heteroatoms. The van der Waals surface area contributed by atoms with Crippen LogP contribution in [0.25, 0.3) is 11.3 Å². The van der Waals surface area contributed by atoms with Crippen LogP contribution in [0.2, 0.25) is 0 Å². The summed E-state index contributed by atoms with van der Waals surface area (Å²) in [5.74, 6) is 2.37.